The minimum absolute atomic E-state index is 0.00573. The first-order chi connectivity index (χ1) is 12.1. The topological polar surface area (TPSA) is 104 Å². The maximum absolute atomic E-state index is 12.8. The number of rotatable bonds is 6. The lowest BCUT2D eigenvalue weighted by atomic mass is 9.98. The van der Waals surface area contributed by atoms with Crippen LogP contribution in [-0.4, -0.2) is 49.9 Å². The van der Waals surface area contributed by atoms with E-state index < -0.39 is 16.0 Å². The van der Waals surface area contributed by atoms with Gasteiger partial charge in [0.05, 0.1) is 10.5 Å². The molecule has 2 N–H and O–H groups in total. The van der Waals surface area contributed by atoms with E-state index in [9.17, 15) is 18.0 Å². The lowest BCUT2D eigenvalue weighted by molar-refractivity contribution is -0.130. The third kappa shape index (κ3) is 4.82. The number of hydrogen-bond acceptors (Lipinski definition) is 4. The fourth-order valence-electron chi connectivity index (χ4n) is 3.20. The number of carbonyl (C=O) groups excluding carboxylic acids is 1. The molecule has 0 bridgehead atoms. The van der Waals surface area contributed by atoms with Crippen LogP contribution in [0.2, 0.25) is 0 Å². The van der Waals surface area contributed by atoms with E-state index in [-0.39, 0.29) is 34.7 Å². The summed E-state index contributed by atoms with van der Waals surface area (Å²) in [5, 5.41) is 9.17. The zero-order valence-corrected chi connectivity index (χ0v) is 16.2. The van der Waals surface area contributed by atoms with Crippen molar-refractivity contribution in [3.8, 4) is 0 Å². The zero-order valence-electron chi connectivity index (χ0n) is 15.4. The fraction of sp³-hybridized carbons (Fsp3) is 0.556. The van der Waals surface area contributed by atoms with Crippen LogP contribution >= 0.6 is 0 Å². The summed E-state index contributed by atoms with van der Waals surface area (Å²) in [7, 11) is -3.85. The molecule has 26 heavy (non-hydrogen) atoms. The van der Waals surface area contributed by atoms with E-state index in [1.807, 2.05) is 13.8 Å². The van der Waals surface area contributed by atoms with E-state index in [4.69, 9.17) is 5.11 Å². The standard InChI is InChI=1S/C18H26N2O5S/c1-12(2)16-7-6-15(18(22)23)9-17(16)26(24,25)19-10-14-5-4-8-20(11-14)13(3)21/h6-7,9,12,14,19H,4-5,8,10-11H2,1-3H3,(H,22,23). The van der Waals surface area contributed by atoms with Gasteiger partial charge in [0.25, 0.3) is 0 Å². The Bertz CT molecular complexity index is 789. The van der Waals surface area contributed by atoms with Crippen LogP contribution in [0.3, 0.4) is 0 Å². The first kappa shape index (κ1) is 20.4. The number of hydrogen-bond donors (Lipinski definition) is 2. The summed E-state index contributed by atoms with van der Waals surface area (Å²) in [5.41, 5.74) is 0.520. The van der Waals surface area contributed by atoms with Gasteiger partial charge in [-0.15, -0.1) is 0 Å². The molecule has 1 amide bonds. The van der Waals surface area contributed by atoms with E-state index in [0.717, 1.165) is 12.8 Å². The molecule has 0 aromatic heterocycles. The molecule has 0 saturated carbocycles. The Morgan fingerprint density at radius 3 is 2.62 bits per heavy atom. The molecule has 1 aromatic carbocycles. The van der Waals surface area contributed by atoms with Gasteiger partial charge in [-0.1, -0.05) is 19.9 Å². The quantitative estimate of drug-likeness (QED) is 0.784. The molecule has 1 atom stereocenters. The van der Waals surface area contributed by atoms with Gasteiger partial charge in [-0.25, -0.2) is 17.9 Å². The Morgan fingerprint density at radius 1 is 1.35 bits per heavy atom. The molecule has 1 fully saturated rings. The highest BCUT2D eigenvalue weighted by Crippen LogP contribution is 2.25. The first-order valence-corrected chi connectivity index (χ1v) is 10.2. The third-order valence-electron chi connectivity index (χ3n) is 4.70. The van der Waals surface area contributed by atoms with E-state index >= 15 is 0 Å². The number of carbonyl (C=O) groups is 2. The highest BCUT2D eigenvalue weighted by molar-refractivity contribution is 7.89. The predicted molar refractivity (Wildman–Crippen MR) is 97.7 cm³/mol. The van der Waals surface area contributed by atoms with Crippen molar-refractivity contribution in [2.24, 2.45) is 5.92 Å². The van der Waals surface area contributed by atoms with Crippen LogP contribution in [0.5, 0.6) is 0 Å². The maximum atomic E-state index is 12.8. The lowest BCUT2D eigenvalue weighted by Crippen LogP contribution is -2.42. The summed E-state index contributed by atoms with van der Waals surface area (Å²) < 4.78 is 28.2. The molecule has 0 aliphatic carbocycles. The summed E-state index contributed by atoms with van der Waals surface area (Å²) in [6, 6.07) is 4.19. The van der Waals surface area contributed by atoms with Gasteiger partial charge in [-0.3, -0.25) is 4.79 Å². The van der Waals surface area contributed by atoms with Gasteiger partial charge < -0.3 is 10.0 Å². The van der Waals surface area contributed by atoms with Crippen LogP contribution < -0.4 is 4.72 Å². The summed E-state index contributed by atoms with van der Waals surface area (Å²) in [4.78, 5) is 24.5. The van der Waals surface area contributed by atoms with Crippen molar-refractivity contribution in [2.45, 2.75) is 44.4 Å². The van der Waals surface area contributed by atoms with E-state index in [2.05, 4.69) is 4.72 Å². The lowest BCUT2D eigenvalue weighted by Gasteiger charge is -2.32. The van der Waals surface area contributed by atoms with E-state index in [1.54, 1.807) is 11.0 Å². The summed E-state index contributed by atoms with van der Waals surface area (Å²) in [6.07, 6.45) is 1.69. The maximum Gasteiger partial charge on any atom is 0.335 e. The van der Waals surface area contributed by atoms with Gasteiger partial charge in [-0.2, -0.15) is 0 Å². The van der Waals surface area contributed by atoms with Crippen LogP contribution in [0.4, 0.5) is 0 Å². The molecular weight excluding hydrogens is 356 g/mol. The highest BCUT2D eigenvalue weighted by Gasteiger charge is 2.26. The smallest absolute Gasteiger partial charge is 0.335 e. The highest BCUT2D eigenvalue weighted by atomic mass is 32.2. The minimum Gasteiger partial charge on any atom is -0.478 e. The van der Waals surface area contributed by atoms with Gasteiger partial charge >= 0.3 is 5.97 Å². The van der Waals surface area contributed by atoms with Crippen LogP contribution in [0.25, 0.3) is 0 Å². The molecule has 1 saturated heterocycles. The minimum atomic E-state index is -3.85. The Balaban J connectivity index is 2.20. The van der Waals surface area contributed by atoms with Crippen molar-refractivity contribution in [1.29, 1.82) is 0 Å². The van der Waals surface area contributed by atoms with E-state index in [1.165, 1.54) is 19.1 Å². The number of piperidine rings is 1. The molecule has 1 unspecified atom stereocenters. The largest absolute Gasteiger partial charge is 0.478 e. The van der Waals surface area contributed by atoms with Gasteiger partial charge in [0.1, 0.15) is 0 Å². The molecule has 7 nitrogen and oxygen atoms in total. The van der Waals surface area contributed by atoms with Gasteiger partial charge in [0.2, 0.25) is 15.9 Å². The van der Waals surface area contributed by atoms with Gasteiger partial charge in [-0.05, 0) is 42.4 Å². The van der Waals surface area contributed by atoms with Crippen LogP contribution in [-0.2, 0) is 14.8 Å². The number of nitrogens with zero attached hydrogens (tertiary/aromatic N) is 1. The zero-order chi connectivity index (χ0) is 19.5. The average Bonchev–Trinajstić information content (AvgIpc) is 2.59. The Hall–Kier alpha value is -1.93. The molecule has 0 radical (unpaired) electrons. The normalized spacial score (nSPS) is 18.2. The summed E-state index contributed by atoms with van der Waals surface area (Å²) >= 11 is 0. The number of sulfonamides is 1. The second-order valence-corrected chi connectivity index (χ2v) is 8.77. The van der Waals surface area contributed by atoms with Crippen molar-refractivity contribution in [3.05, 3.63) is 29.3 Å². The molecule has 1 aliphatic rings. The number of benzene rings is 1. The van der Waals surface area contributed by atoms with Crippen LogP contribution in [0.1, 0.15) is 55.5 Å². The molecule has 1 aromatic rings. The number of carboxylic acids is 1. The molecule has 0 spiro atoms. The molecule has 1 aliphatic heterocycles. The number of likely N-dealkylation sites (tertiary alicyclic amines) is 1. The predicted octanol–water partition coefficient (Wildman–Crippen LogP) is 2.04. The van der Waals surface area contributed by atoms with Crippen LogP contribution in [0, 0.1) is 5.92 Å². The average molecular weight is 382 g/mol. The number of carboxylic acid groups (broad SMARTS) is 1. The number of amides is 1. The first-order valence-electron chi connectivity index (χ1n) is 8.74. The summed E-state index contributed by atoms with van der Waals surface area (Å²) in [6.45, 7) is 6.70. The number of nitrogens with one attached hydrogen (secondary N) is 1. The second kappa shape index (κ2) is 8.18. The van der Waals surface area contributed by atoms with Gasteiger partial charge in [0, 0.05) is 26.6 Å². The molecule has 1 heterocycles. The van der Waals surface area contributed by atoms with Crippen molar-refractivity contribution in [3.63, 3.8) is 0 Å². The SMILES string of the molecule is CC(=O)N1CCCC(CNS(=O)(=O)c2cc(C(=O)O)ccc2C(C)C)C1. The molecule has 144 valence electrons. The Morgan fingerprint density at radius 2 is 2.04 bits per heavy atom. The van der Waals surface area contributed by atoms with Crippen molar-refractivity contribution >= 4 is 21.9 Å². The summed E-state index contributed by atoms with van der Waals surface area (Å²) in [5.74, 6) is -1.19. The monoisotopic (exact) mass is 382 g/mol. The Kier molecular flexibility index (Phi) is 6.41. The Labute approximate surface area is 154 Å². The number of aromatic carboxylic acids is 1. The van der Waals surface area contributed by atoms with Gasteiger partial charge in [0.15, 0.2) is 0 Å². The van der Waals surface area contributed by atoms with E-state index in [0.29, 0.717) is 18.7 Å². The second-order valence-electron chi connectivity index (χ2n) is 7.04. The third-order valence-corrected chi connectivity index (χ3v) is 6.18. The molecule has 8 heteroatoms. The fourth-order valence-corrected chi connectivity index (χ4v) is 4.71. The van der Waals surface area contributed by atoms with Crippen molar-refractivity contribution < 1.29 is 23.1 Å². The van der Waals surface area contributed by atoms with Crippen molar-refractivity contribution in [2.75, 3.05) is 19.6 Å². The molecule has 2 rings (SSSR count). The van der Waals surface area contributed by atoms with Crippen LogP contribution in [0.15, 0.2) is 23.1 Å². The molecular formula is C18H26N2O5S. The van der Waals surface area contributed by atoms with Crippen molar-refractivity contribution in [1.82, 2.24) is 9.62 Å².